The number of carbonyl (C=O) groups excluding carboxylic acids is 1. The number of rotatable bonds is 4. The Morgan fingerprint density at radius 1 is 1.08 bits per heavy atom. The number of ether oxygens (including phenoxy) is 1. The van der Waals surface area contributed by atoms with Crippen molar-refractivity contribution in [2.75, 3.05) is 0 Å². The van der Waals surface area contributed by atoms with E-state index in [-0.39, 0.29) is 17.9 Å². The van der Waals surface area contributed by atoms with Crippen LogP contribution in [-0.2, 0) is 11.3 Å². The van der Waals surface area contributed by atoms with Crippen molar-refractivity contribution in [1.29, 1.82) is 0 Å². The SMILES string of the molecule is Cc1cc(C)cc(C(=O)OCc2cc(-c3ccc(F)cc3F)on2)c1. The molecule has 0 unspecified atom stereocenters. The van der Waals surface area contributed by atoms with Gasteiger partial charge in [-0.15, -0.1) is 0 Å². The molecule has 0 radical (unpaired) electrons. The molecule has 25 heavy (non-hydrogen) atoms. The molecule has 4 nitrogen and oxygen atoms in total. The minimum atomic E-state index is -0.755. The molecule has 6 heteroatoms. The maximum absolute atomic E-state index is 13.7. The van der Waals surface area contributed by atoms with Gasteiger partial charge in [-0.05, 0) is 38.1 Å². The Labute approximate surface area is 143 Å². The highest BCUT2D eigenvalue weighted by Crippen LogP contribution is 2.24. The largest absolute Gasteiger partial charge is 0.455 e. The van der Waals surface area contributed by atoms with Crippen LogP contribution in [0.3, 0.4) is 0 Å². The molecule has 3 aromatic rings. The summed E-state index contributed by atoms with van der Waals surface area (Å²) < 4.78 is 36.9. The average molecular weight is 343 g/mol. The van der Waals surface area contributed by atoms with Gasteiger partial charge in [-0.2, -0.15) is 0 Å². The highest BCUT2D eigenvalue weighted by Gasteiger charge is 2.14. The number of halogens is 2. The fraction of sp³-hybridized carbons (Fsp3) is 0.158. The fourth-order valence-corrected chi connectivity index (χ4v) is 2.51. The number of esters is 1. The van der Waals surface area contributed by atoms with E-state index < -0.39 is 17.6 Å². The van der Waals surface area contributed by atoms with Crippen LogP contribution in [0.5, 0.6) is 0 Å². The fourth-order valence-electron chi connectivity index (χ4n) is 2.51. The van der Waals surface area contributed by atoms with E-state index in [0.717, 1.165) is 23.3 Å². The van der Waals surface area contributed by atoms with Gasteiger partial charge in [-0.25, -0.2) is 13.6 Å². The Morgan fingerprint density at radius 2 is 1.80 bits per heavy atom. The van der Waals surface area contributed by atoms with Crippen LogP contribution in [0.25, 0.3) is 11.3 Å². The molecule has 1 heterocycles. The third kappa shape index (κ3) is 3.91. The molecule has 0 fully saturated rings. The number of nitrogens with zero attached hydrogens (tertiary/aromatic N) is 1. The van der Waals surface area contributed by atoms with Crippen LogP contribution in [0.15, 0.2) is 47.0 Å². The zero-order chi connectivity index (χ0) is 18.0. The predicted octanol–water partition coefficient (Wildman–Crippen LogP) is 4.59. The normalized spacial score (nSPS) is 10.7. The summed E-state index contributed by atoms with van der Waals surface area (Å²) >= 11 is 0. The number of aryl methyl sites for hydroxylation is 2. The van der Waals surface area contributed by atoms with Crippen LogP contribution < -0.4 is 0 Å². The van der Waals surface area contributed by atoms with Crippen molar-refractivity contribution in [1.82, 2.24) is 5.16 Å². The summed E-state index contributed by atoms with van der Waals surface area (Å²) in [6.07, 6.45) is 0. The maximum atomic E-state index is 13.7. The van der Waals surface area contributed by atoms with Gasteiger partial charge in [0.15, 0.2) is 5.76 Å². The molecule has 0 aliphatic rings. The van der Waals surface area contributed by atoms with Crippen molar-refractivity contribution in [2.24, 2.45) is 0 Å². The summed E-state index contributed by atoms with van der Waals surface area (Å²) in [5.41, 5.74) is 2.79. The van der Waals surface area contributed by atoms with Crippen LogP contribution >= 0.6 is 0 Å². The summed E-state index contributed by atoms with van der Waals surface area (Å²) in [4.78, 5) is 12.1. The first-order valence-corrected chi connectivity index (χ1v) is 7.59. The third-order valence-electron chi connectivity index (χ3n) is 3.56. The molecule has 0 N–H and O–H groups in total. The Kier molecular flexibility index (Phi) is 4.61. The van der Waals surface area contributed by atoms with E-state index in [1.807, 2.05) is 19.9 Å². The van der Waals surface area contributed by atoms with E-state index in [9.17, 15) is 13.6 Å². The molecule has 0 amide bonds. The van der Waals surface area contributed by atoms with Gasteiger partial charge >= 0.3 is 5.97 Å². The third-order valence-corrected chi connectivity index (χ3v) is 3.56. The Bertz CT molecular complexity index is 914. The zero-order valence-corrected chi connectivity index (χ0v) is 13.7. The highest BCUT2D eigenvalue weighted by atomic mass is 19.1. The molecule has 0 spiro atoms. The lowest BCUT2D eigenvalue weighted by molar-refractivity contribution is 0.0464. The van der Waals surface area contributed by atoms with E-state index in [1.54, 1.807) is 12.1 Å². The van der Waals surface area contributed by atoms with Gasteiger partial charge in [0, 0.05) is 12.1 Å². The standard InChI is InChI=1S/C19H15F2NO3/c1-11-5-12(2)7-13(6-11)19(23)24-10-15-9-18(25-22-15)16-4-3-14(20)8-17(16)21/h3-9H,10H2,1-2H3. The number of benzene rings is 2. The lowest BCUT2D eigenvalue weighted by atomic mass is 10.1. The molecular weight excluding hydrogens is 328 g/mol. The lowest BCUT2D eigenvalue weighted by Gasteiger charge is -2.05. The predicted molar refractivity (Wildman–Crippen MR) is 86.9 cm³/mol. The summed E-state index contributed by atoms with van der Waals surface area (Å²) in [6, 6.07) is 10.0. The van der Waals surface area contributed by atoms with Crippen molar-refractivity contribution in [2.45, 2.75) is 20.5 Å². The lowest BCUT2D eigenvalue weighted by Crippen LogP contribution is -2.06. The Balaban J connectivity index is 1.70. The maximum Gasteiger partial charge on any atom is 0.338 e. The monoisotopic (exact) mass is 343 g/mol. The summed E-state index contributed by atoms with van der Waals surface area (Å²) in [6.45, 7) is 3.67. The molecule has 0 aliphatic carbocycles. The van der Waals surface area contributed by atoms with Crippen molar-refractivity contribution in [3.05, 3.63) is 76.5 Å². The second kappa shape index (κ2) is 6.84. The minimum absolute atomic E-state index is 0.0841. The van der Waals surface area contributed by atoms with Crippen molar-refractivity contribution < 1.29 is 22.8 Å². The van der Waals surface area contributed by atoms with Gasteiger partial charge < -0.3 is 9.26 Å². The number of hydrogen-bond donors (Lipinski definition) is 0. The van der Waals surface area contributed by atoms with E-state index in [0.29, 0.717) is 11.3 Å². The highest BCUT2D eigenvalue weighted by molar-refractivity contribution is 5.89. The van der Waals surface area contributed by atoms with Gasteiger partial charge in [0.2, 0.25) is 0 Å². The molecule has 1 aromatic heterocycles. The van der Waals surface area contributed by atoms with E-state index in [2.05, 4.69) is 5.16 Å². The molecule has 3 rings (SSSR count). The minimum Gasteiger partial charge on any atom is -0.455 e. The van der Waals surface area contributed by atoms with Crippen LogP contribution in [0, 0.1) is 25.5 Å². The zero-order valence-electron chi connectivity index (χ0n) is 13.7. The van der Waals surface area contributed by atoms with Gasteiger partial charge in [0.25, 0.3) is 0 Å². The molecule has 0 aliphatic heterocycles. The van der Waals surface area contributed by atoms with E-state index >= 15 is 0 Å². The average Bonchev–Trinajstić information content (AvgIpc) is 3.00. The first kappa shape index (κ1) is 16.8. The van der Waals surface area contributed by atoms with Crippen LogP contribution in [0.1, 0.15) is 27.2 Å². The van der Waals surface area contributed by atoms with Crippen molar-refractivity contribution in [3.63, 3.8) is 0 Å². The van der Waals surface area contributed by atoms with E-state index in [1.165, 1.54) is 12.1 Å². The second-order valence-electron chi connectivity index (χ2n) is 5.76. The second-order valence-corrected chi connectivity index (χ2v) is 5.76. The van der Waals surface area contributed by atoms with Gasteiger partial charge in [-0.3, -0.25) is 0 Å². The Morgan fingerprint density at radius 3 is 2.48 bits per heavy atom. The van der Waals surface area contributed by atoms with Crippen LogP contribution in [-0.4, -0.2) is 11.1 Å². The summed E-state index contributed by atoms with van der Waals surface area (Å²) in [5, 5.41) is 3.74. The van der Waals surface area contributed by atoms with Crippen LogP contribution in [0.2, 0.25) is 0 Å². The number of carbonyl (C=O) groups is 1. The first-order chi connectivity index (χ1) is 11.9. The smallest absolute Gasteiger partial charge is 0.338 e. The molecule has 0 saturated heterocycles. The molecule has 128 valence electrons. The summed E-state index contributed by atoms with van der Waals surface area (Å²) in [5.74, 6) is -1.78. The van der Waals surface area contributed by atoms with Crippen molar-refractivity contribution >= 4 is 5.97 Å². The van der Waals surface area contributed by atoms with Gasteiger partial charge in [-0.1, -0.05) is 22.3 Å². The van der Waals surface area contributed by atoms with Crippen molar-refractivity contribution in [3.8, 4) is 11.3 Å². The van der Waals surface area contributed by atoms with Crippen LogP contribution in [0.4, 0.5) is 8.78 Å². The molecule has 0 saturated carbocycles. The van der Waals surface area contributed by atoms with E-state index in [4.69, 9.17) is 9.26 Å². The molecular formula is C19H15F2NO3. The number of aromatic nitrogens is 1. The molecule has 0 atom stereocenters. The molecule has 2 aromatic carbocycles. The number of hydrogen-bond acceptors (Lipinski definition) is 4. The topological polar surface area (TPSA) is 52.3 Å². The summed E-state index contributed by atoms with van der Waals surface area (Å²) in [7, 11) is 0. The quantitative estimate of drug-likeness (QED) is 0.650. The Hall–Kier alpha value is -3.02. The first-order valence-electron chi connectivity index (χ1n) is 7.59. The van der Waals surface area contributed by atoms with Gasteiger partial charge in [0.05, 0.1) is 11.1 Å². The van der Waals surface area contributed by atoms with Gasteiger partial charge in [0.1, 0.15) is 23.9 Å². The molecule has 0 bridgehead atoms.